The highest BCUT2D eigenvalue weighted by Gasteiger charge is 2.11. The lowest BCUT2D eigenvalue weighted by molar-refractivity contribution is 0.191. The van der Waals surface area contributed by atoms with Crippen molar-refractivity contribution in [3.63, 3.8) is 0 Å². The smallest absolute Gasteiger partial charge is 0.150 e. The zero-order valence-electron chi connectivity index (χ0n) is 9.85. The van der Waals surface area contributed by atoms with Gasteiger partial charge in [-0.15, -0.1) is 0 Å². The van der Waals surface area contributed by atoms with Crippen LogP contribution in [0.15, 0.2) is 30.6 Å². The Kier molecular flexibility index (Phi) is 4.13. The van der Waals surface area contributed by atoms with E-state index in [1.165, 1.54) is 24.5 Å². The van der Waals surface area contributed by atoms with Crippen LogP contribution in [0.2, 0.25) is 5.02 Å². The minimum Gasteiger partial charge on any atom is -0.387 e. The van der Waals surface area contributed by atoms with Crippen LogP contribution >= 0.6 is 11.6 Å². The third-order valence-electron chi connectivity index (χ3n) is 2.51. The first-order valence-electron chi connectivity index (χ1n) is 5.51. The molecule has 1 aromatic heterocycles. The molecule has 2 rings (SSSR count). The van der Waals surface area contributed by atoms with Crippen LogP contribution < -0.4 is 11.1 Å². The first-order valence-corrected chi connectivity index (χ1v) is 5.89. The quantitative estimate of drug-likeness (QED) is 0.799. The summed E-state index contributed by atoms with van der Waals surface area (Å²) in [7, 11) is 0. The van der Waals surface area contributed by atoms with Crippen molar-refractivity contribution in [2.75, 3.05) is 17.6 Å². The molecule has 1 unspecified atom stereocenters. The third-order valence-corrected chi connectivity index (χ3v) is 2.89. The molecule has 0 bridgehead atoms. The molecule has 0 radical (unpaired) electrons. The van der Waals surface area contributed by atoms with Gasteiger partial charge >= 0.3 is 0 Å². The number of hydrogen-bond acceptors (Lipinski definition) is 5. The Morgan fingerprint density at radius 1 is 1.42 bits per heavy atom. The molecule has 2 aromatic rings. The first kappa shape index (κ1) is 13.5. The van der Waals surface area contributed by atoms with Crippen molar-refractivity contribution >= 4 is 23.2 Å². The maximum absolute atomic E-state index is 13.0. The summed E-state index contributed by atoms with van der Waals surface area (Å²) < 4.78 is 13.0. The second-order valence-electron chi connectivity index (χ2n) is 3.87. The Hall–Kier alpha value is -1.92. The first-order chi connectivity index (χ1) is 9.08. The Morgan fingerprint density at radius 2 is 2.21 bits per heavy atom. The van der Waals surface area contributed by atoms with Gasteiger partial charge < -0.3 is 16.2 Å². The fourth-order valence-electron chi connectivity index (χ4n) is 1.53. The van der Waals surface area contributed by atoms with Crippen molar-refractivity contribution in [1.82, 2.24) is 9.97 Å². The largest absolute Gasteiger partial charge is 0.387 e. The number of anilines is 2. The van der Waals surface area contributed by atoms with E-state index >= 15 is 0 Å². The van der Waals surface area contributed by atoms with Gasteiger partial charge in [-0.25, -0.2) is 14.4 Å². The average molecular weight is 283 g/mol. The molecule has 0 aliphatic rings. The number of nitrogens with one attached hydrogen (secondary N) is 1. The predicted molar refractivity (Wildman–Crippen MR) is 71.3 cm³/mol. The van der Waals surface area contributed by atoms with Gasteiger partial charge in [0, 0.05) is 6.54 Å². The number of aromatic nitrogens is 2. The topological polar surface area (TPSA) is 84.1 Å². The summed E-state index contributed by atoms with van der Waals surface area (Å²) in [5.74, 6) is 0.0740. The van der Waals surface area contributed by atoms with E-state index in [1.54, 1.807) is 6.07 Å². The number of benzene rings is 1. The molecule has 7 heteroatoms. The normalized spacial score (nSPS) is 12.2. The van der Waals surface area contributed by atoms with E-state index in [2.05, 4.69) is 15.3 Å². The van der Waals surface area contributed by atoms with E-state index in [4.69, 9.17) is 17.3 Å². The molecule has 1 atom stereocenters. The molecule has 0 amide bonds. The highest BCUT2D eigenvalue weighted by molar-refractivity contribution is 6.35. The molecule has 0 spiro atoms. The summed E-state index contributed by atoms with van der Waals surface area (Å²) in [6, 6.07) is 5.74. The van der Waals surface area contributed by atoms with Crippen molar-refractivity contribution in [3.8, 4) is 0 Å². The number of halogens is 2. The molecular formula is C12H12ClFN4O. The third kappa shape index (κ3) is 3.30. The molecule has 4 N–H and O–H groups in total. The minimum absolute atomic E-state index is 0.125. The lowest BCUT2D eigenvalue weighted by Gasteiger charge is -2.13. The molecule has 0 fully saturated rings. The van der Waals surface area contributed by atoms with Gasteiger partial charge in [0.05, 0.1) is 6.10 Å². The van der Waals surface area contributed by atoms with Crippen molar-refractivity contribution in [2.45, 2.75) is 6.10 Å². The number of aliphatic hydroxyl groups is 1. The summed E-state index contributed by atoms with van der Waals surface area (Å²) in [6.45, 7) is 0.125. The Labute approximate surface area is 114 Å². The van der Waals surface area contributed by atoms with Crippen LogP contribution in [-0.4, -0.2) is 21.6 Å². The molecule has 0 aliphatic carbocycles. The van der Waals surface area contributed by atoms with Crippen molar-refractivity contribution in [1.29, 1.82) is 0 Å². The van der Waals surface area contributed by atoms with Crippen LogP contribution in [0.1, 0.15) is 11.7 Å². The summed E-state index contributed by atoms with van der Waals surface area (Å²) >= 11 is 5.89. The summed E-state index contributed by atoms with van der Waals surface area (Å²) in [6.07, 6.45) is 0.376. The molecule has 1 heterocycles. The second kappa shape index (κ2) is 5.81. The van der Waals surface area contributed by atoms with E-state index in [0.717, 1.165) is 0 Å². The van der Waals surface area contributed by atoms with E-state index in [1.807, 2.05) is 0 Å². The highest BCUT2D eigenvalue weighted by Crippen LogP contribution is 2.24. The molecule has 0 saturated heterocycles. The number of hydrogen-bond donors (Lipinski definition) is 3. The standard InChI is InChI=1S/C12H12ClFN4O/c13-10-11(15)17-6-18-12(10)16-5-9(19)7-2-1-3-8(14)4-7/h1-4,6,9,19H,5H2,(H3,15,16,17,18). The van der Waals surface area contributed by atoms with Crippen LogP contribution in [0.25, 0.3) is 0 Å². The molecule has 19 heavy (non-hydrogen) atoms. The fraction of sp³-hybridized carbons (Fsp3) is 0.167. The number of rotatable bonds is 4. The van der Waals surface area contributed by atoms with Gasteiger partial charge in [-0.05, 0) is 17.7 Å². The van der Waals surface area contributed by atoms with Crippen molar-refractivity contribution in [2.24, 2.45) is 0 Å². The lowest BCUT2D eigenvalue weighted by atomic mass is 10.1. The summed E-state index contributed by atoms with van der Waals surface area (Å²) in [4.78, 5) is 7.62. The number of aliphatic hydroxyl groups excluding tert-OH is 1. The zero-order valence-corrected chi connectivity index (χ0v) is 10.6. The maximum Gasteiger partial charge on any atom is 0.150 e. The van der Waals surface area contributed by atoms with E-state index < -0.39 is 11.9 Å². The van der Waals surface area contributed by atoms with Crippen LogP contribution in [-0.2, 0) is 0 Å². The Balaban J connectivity index is 2.04. The minimum atomic E-state index is -0.886. The van der Waals surface area contributed by atoms with Crippen LogP contribution in [0.3, 0.4) is 0 Å². The van der Waals surface area contributed by atoms with Gasteiger partial charge in [0.1, 0.15) is 23.0 Å². The monoisotopic (exact) mass is 282 g/mol. The number of nitrogens with two attached hydrogens (primary N) is 1. The highest BCUT2D eigenvalue weighted by atomic mass is 35.5. The van der Waals surface area contributed by atoms with E-state index in [0.29, 0.717) is 11.4 Å². The summed E-state index contributed by atoms with van der Waals surface area (Å²) in [5.41, 5.74) is 5.99. The van der Waals surface area contributed by atoms with E-state index in [9.17, 15) is 9.50 Å². The fourth-order valence-corrected chi connectivity index (χ4v) is 1.70. The van der Waals surface area contributed by atoms with Crippen molar-refractivity contribution in [3.05, 3.63) is 47.0 Å². The van der Waals surface area contributed by atoms with Gasteiger partial charge in [0.25, 0.3) is 0 Å². The second-order valence-corrected chi connectivity index (χ2v) is 4.25. The van der Waals surface area contributed by atoms with Crippen LogP contribution in [0.5, 0.6) is 0 Å². The van der Waals surface area contributed by atoms with Crippen LogP contribution in [0.4, 0.5) is 16.0 Å². The molecule has 100 valence electrons. The summed E-state index contributed by atoms with van der Waals surface area (Å²) in [5, 5.41) is 12.9. The predicted octanol–water partition coefficient (Wildman–Crippen LogP) is 2.00. The van der Waals surface area contributed by atoms with Gasteiger partial charge in [0.2, 0.25) is 0 Å². The average Bonchev–Trinajstić information content (AvgIpc) is 2.40. The molecule has 0 saturated carbocycles. The number of nitrogens with zero attached hydrogens (tertiary/aromatic N) is 2. The van der Waals surface area contributed by atoms with Gasteiger partial charge in [-0.1, -0.05) is 23.7 Å². The SMILES string of the molecule is Nc1ncnc(NCC(O)c2cccc(F)c2)c1Cl. The van der Waals surface area contributed by atoms with Gasteiger partial charge in [-0.3, -0.25) is 0 Å². The molecule has 1 aromatic carbocycles. The Bertz CT molecular complexity index is 581. The number of nitrogen functional groups attached to an aromatic ring is 1. The van der Waals surface area contributed by atoms with Gasteiger partial charge in [0.15, 0.2) is 5.82 Å². The lowest BCUT2D eigenvalue weighted by Crippen LogP contribution is -2.14. The van der Waals surface area contributed by atoms with Gasteiger partial charge in [-0.2, -0.15) is 0 Å². The van der Waals surface area contributed by atoms with Crippen molar-refractivity contribution < 1.29 is 9.50 Å². The van der Waals surface area contributed by atoms with Crippen LogP contribution in [0, 0.1) is 5.82 Å². The molecular weight excluding hydrogens is 271 g/mol. The maximum atomic E-state index is 13.0. The molecule has 5 nitrogen and oxygen atoms in total. The molecule has 0 aliphatic heterocycles. The van der Waals surface area contributed by atoms with E-state index in [-0.39, 0.29) is 17.4 Å². The Morgan fingerprint density at radius 3 is 2.95 bits per heavy atom. The zero-order chi connectivity index (χ0) is 13.8.